The van der Waals surface area contributed by atoms with Crippen LogP contribution in [-0.2, 0) is 17.7 Å². The van der Waals surface area contributed by atoms with E-state index in [1.807, 2.05) is 67.1 Å². The molecule has 158 valence electrons. The molecule has 2 aromatic carbocycles. The molecule has 6 heteroatoms. The molecule has 3 rings (SSSR count). The van der Waals surface area contributed by atoms with E-state index in [1.165, 1.54) is 5.56 Å². The Morgan fingerprint density at radius 3 is 2.40 bits per heavy atom. The van der Waals surface area contributed by atoms with Crippen LogP contribution in [0.15, 0.2) is 60.7 Å². The number of nitrogens with zero attached hydrogens (tertiary/aromatic N) is 2. The standard InChI is InChI=1S/C24H30N4O2/c1-19-23(20(2)28(27-19)22-12-7-4-8-13-22)18-26-24(29)25-15-9-16-30-17-14-21-10-5-3-6-11-21/h3-8,10-13H,9,14-18H2,1-2H3,(H2,25,26,29). The number of rotatable bonds is 10. The van der Waals surface area contributed by atoms with Crippen molar-refractivity contribution in [3.05, 3.63) is 83.2 Å². The number of amides is 2. The minimum Gasteiger partial charge on any atom is -0.381 e. The highest BCUT2D eigenvalue weighted by Crippen LogP contribution is 2.17. The Labute approximate surface area is 178 Å². The van der Waals surface area contributed by atoms with Crippen LogP contribution in [0.25, 0.3) is 5.69 Å². The average molecular weight is 407 g/mol. The minimum atomic E-state index is -0.175. The largest absolute Gasteiger partial charge is 0.381 e. The summed E-state index contributed by atoms with van der Waals surface area (Å²) in [5, 5.41) is 10.4. The van der Waals surface area contributed by atoms with Crippen LogP contribution in [0.4, 0.5) is 4.79 Å². The van der Waals surface area contributed by atoms with Crippen molar-refractivity contribution in [3.63, 3.8) is 0 Å². The van der Waals surface area contributed by atoms with Gasteiger partial charge in [0.15, 0.2) is 0 Å². The Balaban J connectivity index is 1.34. The van der Waals surface area contributed by atoms with Gasteiger partial charge in [0.2, 0.25) is 0 Å². The van der Waals surface area contributed by atoms with E-state index in [0.717, 1.165) is 35.5 Å². The molecule has 2 amide bonds. The Morgan fingerprint density at radius 2 is 1.67 bits per heavy atom. The van der Waals surface area contributed by atoms with Gasteiger partial charge in [0.05, 0.1) is 18.0 Å². The molecule has 0 bridgehead atoms. The molecule has 6 nitrogen and oxygen atoms in total. The summed E-state index contributed by atoms with van der Waals surface area (Å²) in [4.78, 5) is 12.1. The summed E-state index contributed by atoms with van der Waals surface area (Å²) in [6.07, 6.45) is 1.69. The molecule has 3 aromatic rings. The van der Waals surface area contributed by atoms with Crippen molar-refractivity contribution in [2.45, 2.75) is 33.2 Å². The third-order valence-electron chi connectivity index (χ3n) is 5.00. The fourth-order valence-corrected chi connectivity index (χ4v) is 3.30. The van der Waals surface area contributed by atoms with Crippen molar-refractivity contribution in [1.29, 1.82) is 0 Å². The second kappa shape index (κ2) is 11.2. The molecule has 30 heavy (non-hydrogen) atoms. The first kappa shape index (κ1) is 21.6. The molecule has 1 heterocycles. The van der Waals surface area contributed by atoms with Gasteiger partial charge in [-0.05, 0) is 44.4 Å². The zero-order valence-electron chi connectivity index (χ0n) is 17.7. The third kappa shape index (κ3) is 6.19. The van der Waals surface area contributed by atoms with Crippen LogP contribution in [0.1, 0.15) is 28.9 Å². The summed E-state index contributed by atoms with van der Waals surface area (Å²) in [6, 6.07) is 20.1. The summed E-state index contributed by atoms with van der Waals surface area (Å²) >= 11 is 0. The fraction of sp³-hybridized carbons (Fsp3) is 0.333. The normalized spacial score (nSPS) is 10.7. The minimum absolute atomic E-state index is 0.175. The molecule has 1 aromatic heterocycles. The van der Waals surface area contributed by atoms with Gasteiger partial charge in [-0.25, -0.2) is 9.48 Å². The number of hydrogen-bond donors (Lipinski definition) is 2. The number of para-hydroxylation sites is 1. The molecule has 0 saturated heterocycles. The van der Waals surface area contributed by atoms with Gasteiger partial charge in [-0.3, -0.25) is 0 Å². The van der Waals surface area contributed by atoms with Crippen LogP contribution in [-0.4, -0.2) is 35.6 Å². The highest BCUT2D eigenvalue weighted by molar-refractivity contribution is 5.73. The van der Waals surface area contributed by atoms with E-state index in [9.17, 15) is 4.79 Å². The molecule has 0 radical (unpaired) electrons. The maximum atomic E-state index is 12.1. The molecule has 0 aliphatic heterocycles. The average Bonchev–Trinajstić information content (AvgIpc) is 3.06. The van der Waals surface area contributed by atoms with E-state index < -0.39 is 0 Å². The Kier molecular flexibility index (Phi) is 8.03. The van der Waals surface area contributed by atoms with Crippen molar-refractivity contribution in [1.82, 2.24) is 20.4 Å². The molecule has 2 N–H and O–H groups in total. The van der Waals surface area contributed by atoms with E-state index >= 15 is 0 Å². The first-order valence-corrected chi connectivity index (χ1v) is 10.4. The second-order valence-corrected chi connectivity index (χ2v) is 7.21. The number of aromatic nitrogens is 2. The van der Waals surface area contributed by atoms with E-state index in [2.05, 4.69) is 27.9 Å². The van der Waals surface area contributed by atoms with Crippen molar-refractivity contribution in [3.8, 4) is 5.69 Å². The lowest BCUT2D eigenvalue weighted by atomic mass is 10.2. The van der Waals surface area contributed by atoms with Gasteiger partial charge in [0.1, 0.15) is 0 Å². The summed E-state index contributed by atoms with van der Waals surface area (Å²) in [7, 11) is 0. The first-order chi connectivity index (χ1) is 14.6. The van der Waals surface area contributed by atoms with Crippen LogP contribution in [0, 0.1) is 13.8 Å². The zero-order chi connectivity index (χ0) is 21.2. The van der Waals surface area contributed by atoms with Gasteiger partial charge in [-0.1, -0.05) is 48.5 Å². The molecular weight excluding hydrogens is 376 g/mol. The third-order valence-corrected chi connectivity index (χ3v) is 5.00. The van der Waals surface area contributed by atoms with Gasteiger partial charge in [-0.2, -0.15) is 5.10 Å². The van der Waals surface area contributed by atoms with Crippen molar-refractivity contribution in [2.24, 2.45) is 0 Å². The number of carbonyl (C=O) groups excluding carboxylic acids is 1. The van der Waals surface area contributed by atoms with E-state index in [0.29, 0.717) is 26.3 Å². The summed E-state index contributed by atoms with van der Waals surface area (Å²) in [5.74, 6) is 0. The lowest BCUT2D eigenvalue weighted by Crippen LogP contribution is -2.36. The quantitative estimate of drug-likeness (QED) is 0.501. The number of carbonyl (C=O) groups is 1. The van der Waals surface area contributed by atoms with Crippen molar-refractivity contribution < 1.29 is 9.53 Å². The SMILES string of the molecule is Cc1nn(-c2ccccc2)c(C)c1CNC(=O)NCCCOCCc1ccccc1. The molecule has 0 spiro atoms. The van der Waals surface area contributed by atoms with Crippen LogP contribution < -0.4 is 10.6 Å². The van der Waals surface area contributed by atoms with E-state index in [-0.39, 0.29) is 6.03 Å². The maximum Gasteiger partial charge on any atom is 0.315 e. The molecule has 0 atom stereocenters. The number of ether oxygens (including phenoxy) is 1. The van der Waals surface area contributed by atoms with Crippen LogP contribution >= 0.6 is 0 Å². The van der Waals surface area contributed by atoms with Gasteiger partial charge in [-0.15, -0.1) is 0 Å². The molecule has 0 saturated carbocycles. The lowest BCUT2D eigenvalue weighted by Gasteiger charge is -2.09. The topological polar surface area (TPSA) is 68.2 Å². The fourth-order valence-electron chi connectivity index (χ4n) is 3.30. The second-order valence-electron chi connectivity index (χ2n) is 7.21. The summed E-state index contributed by atoms with van der Waals surface area (Å²) in [5.41, 5.74) is 5.28. The molecule has 0 aliphatic carbocycles. The number of nitrogens with one attached hydrogen (secondary N) is 2. The Morgan fingerprint density at radius 1 is 0.967 bits per heavy atom. The predicted molar refractivity (Wildman–Crippen MR) is 119 cm³/mol. The van der Waals surface area contributed by atoms with Crippen molar-refractivity contribution >= 4 is 6.03 Å². The van der Waals surface area contributed by atoms with Gasteiger partial charge in [0, 0.05) is 31.0 Å². The van der Waals surface area contributed by atoms with E-state index in [1.54, 1.807) is 0 Å². The summed E-state index contributed by atoms with van der Waals surface area (Å²) < 4.78 is 7.56. The monoisotopic (exact) mass is 406 g/mol. The molecular formula is C24H30N4O2. The number of hydrogen-bond acceptors (Lipinski definition) is 3. The van der Waals surface area contributed by atoms with Gasteiger partial charge in [0.25, 0.3) is 0 Å². The Hall–Kier alpha value is -3.12. The highest BCUT2D eigenvalue weighted by atomic mass is 16.5. The summed E-state index contributed by atoms with van der Waals surface area (Å²) in [6.45, 7) is 6.35. The van der Waals surface area contributed by atoms with Gasteiger partial charge >= 0.3 is 6.03 Å². The lowest BCUT2D eigenvalue weighted by molar-refractivity contribution is 0.135. The zero-order valence-corrected chi connectivity index (χ0v) is 17.7. The van der Waals surface area contributed by atoms with Crippen LogP contribution in [0.5, 0.6) is 0 Å². The van der Waals surface area contributed by atoms with Crippen LogP contribution in [0.3, 0.4) is 0 Å². The van der Waals surface area contributed by atoms with E-state index in [4.69, 9.17) is 4.74 Å². The predicted octanol–water partition coefficient (Wildman–Crippen LogP) is 3.94. The molecule has 0 aliphatic rings. The maximum absolute atomic E-state index is 12.1. The molecule has 0 fully saturated rings. The van der Waals surface area contributed by atoms with Crippen molar-refractivity contribution in [2.75, 3.05) is 19.8 Å². The number of benzene rings is 2. The smallest absolute Gasteiger partial charge is 0.315 e. The number of urea groups is 1. The van der Waals surface area contributed by atoms with Crippen LogP contribution in [0.2, 0.25) is 0 Å². The Bertz CT molecular complexity index is 923. The highest BCUT2D eigenvalue weighted by Gasteiger charge is 2.13. The number of aryl methyl sites for hydroxylation is 1. The first-order valence-electron chi connectivity index (χ1n) is 10.4. The van der Waals surface area contributed by atoms with Gasteiger partial charge < -0.3 is 15.4 Å². The molecule has 0 unspecified atom stereocenters.